The molecule has 2 aromatic heterocycles. The van der Waals surface area contributed by atoms with Gasteiger partial charge in [0.15, 0.2) is 11.4 Å². The topological polar surface area (TPSA) is 159 Å². The van der Waals surface area contributed by atoms with Crippen LogP contribution in [0.2, 0.25) is 0 Å². The average molecular weight is 804 g/mol. The van der Waals surface area contributed by atoms with Crippen LogP contribution in [0.5, 0.6) is 5.75 Å². The van der Waals surface area contributed by atoms with Gasteiger partial charge in [0.2, 0.25) is 5.91 Å². The molecule has 13 nitrogen and oxygen atoms in total. The molecule has 17 heteroatoms. The van der Waals surface area contributed by atoms with Crippen LogP contribution in [0.4, 0.5) is 17.6 Å². The monoisotopic (exact) mass is 803 g/mol. The number of nitrogens with zero attached hydrogens (tertiary/aromatic N) is 4. The Morgan fingerprint density at radius 1 is 0.862 bits per heavy atom. The summed E-state index contributed by atoms with van der Waals surface area (Å²) < 4.78 is 64.1. The molecule has 1 fully saturated rings. The minimum Gasteiger partial charge on any atom is -0.403 e. The highest BCUT2D eigenvalue weighted by molar-refractivity contribution is 5.96. The van der Waals surface area contributed by atoms with Crippen molar-refractivity contribution in [3.63, 3.8) is 0 Å². The van der Waals surface area contributed by atoms with Gasteiger partial charge in [-0.3, -0.25) is 19.2 Å². The largest absolute Gasteiger partial charge is 0.573 e. The normalized spacial score (nSPS) is 13.1. The van der Waals surface area contributed by atoms with E-state index in [0.29, 0.717) is 39.7 Å². The number of hydrogen-bond acceptors (Lipinski definition) is 9. The number of pyridine rings is 1. The number of aryl methyl sites for hydroxylation is 1. The zero-order chi connectivity index (χ0) is 41.2. The van der Waals surface area contributed by atoms with Gasteiger partial charge in [0, 0.05) is 62.8 Å². The van der Waals surface area contributed by atoms with Gasteiger partial charge in [-0.25, -0.2) is 14.5 Å². The van der Waals surface area contributed by atoms with Gasteiger partial charge in [-0.15, -0.1) is 13.2 Å². The molecule has 3 heterocycles. The molecule has 0 aliphatic carbocycles. The molecule has 3 aromatic carbocycles. The number of piperazine rings is 1. The smallest absolute Gasteiger partial charge is 0.403 e. The summed E-state index contributed by atoms with van der Waals surface area (Å²) >= 11 is 0. The lowest BCUT2D eigenvalue weighted by atomic mass is 10.0. The molecule has 0 atom stereocenters. The number of amides is 3. The van der Waals surface area contributed by atoms with Crippen LogP contribution in [-0.4, -0.2) is 108 Å². The second-order valence-corrected chi connectivity index (χ2v) is 13.4. The van der Waals surface area contributed by atoms with Gasteiger partial charge < -0.3 is 29.9 Å². The van der Waals surface area contributed by atoms with Crippen molar-refractivity contribution in [1.29, 1.82) is 0 Å². The number of ether oxygens (including phenoxy) is 2. The molecule has 304 valence electrons. The van der Waals surface area contributed by atoms with E-state index in [0.717, 1.165) is 18.1 Å². The predicted molar refractivity (Wildman–Crippen MR) is 206 cm³/mol. The number of halogens is 4. The molecule has 5 aromatic rings. The van der Waals surface area contributed by atoms with E-state index in [-0.39, 0.29) is 75.9 Å². The Morgan fingerprint density at radius 3 is 2.36 bits per heavy atom. The molecule has 0 radical (unpaired) electrons. The Labute approximate surface area is 330 Å². The molecule has 0 saturated carbocycles. The van der Waals surface area contributed by atoms with Crippen molar-refractivity contribution < 1.29 is 41.4 Å². The van der Waals surface area contributed by atoms with Crippen molar-refractivity contribution in [3.8, 4) is 16.9 Å². The van der Waals surface area contributed by atoms with Gasteiger partial charge in [-0.1, -0.05) is 55.5 Å². The Balaban J connectivity index is 0.903. The maximum Gasteiger partial charge on any atom is 0.573 e. The lowest BCUT2D eigenvalue weighted by Crippen LogP contribution is -2.52. The first-order chi connectivity index (χ1) is 27.9. The summed E-state index contributed by atoms with van der Waals surface area (Å²) in [4.78, 5) is 58.2. The quantitative estimate of drug-likeness (QED) is 0.102. The van der Waals surface area contributed by atoms with Crippen LogP contribution in [-0.2, 0) is 22.4 Å². The van der Waals surface area contributed by atoms with Crippen molar-refractivity contribution in [2.75, 3.05) is 59.0 Å². The molecular formula is C41H41F4N7O6. The Kier molecular flexibility index (Phi) is 13.5. The third-order valence-electron chi connectivity index (χ3n) is 9.52. The van der Waals surface area contributed by atoms with Gasteiger partial charge in [0.25, 0.3) is 17.4 Å². The number of fused-ring (bicyclic) bond motifs is 1. The lowest BCUT2D eigenvalue weighted by molar-refractivity contribution is -0.274. The Bertz CT molecular complexity index is 2330. The summed E-state index contributed by atoms with van der Waals surface area (Å²) in [5.41, 5.74) is 2.28. The van der Waals surface area contributed by atoms with E-state index in [1.54, 1.807) is 47.4 Å². The van der Waals surface area contributed by atoms with Crippen LogP contribution in [0, 0.1) is 5.82 Å². The fourth-order valence-electron chi connectivity index (χ4n) is 6.50. The van der Waals surface area contributed by atoms with Crippen LogP contribution in [0.25, 0.3) is 21.9 Å². The highest BCUT2D eigenvalue weighted by atomic mass is 19.4. The van der Waals surface area contributed by atoms with Crippen molar-refractivity contribution in [2.45, 2.75) is 26.1 Å². The molecule has 1 aliphatic heterocycles. The van der Waals surface area contributed by atoms with Crippen LogP contribution >= 0.6 is 0 Å². The Morgan fingerprint density at radius 2 is 1.60 bits per heavy atom. The second-order valence-electron chi connectivity index (χ2n) is 13.4. The third-order valence-corrected chi connectivity index (χ3v) is 9.52. The lowest BCUT2D eigenvalue weighted by Gasteiger charge is -2.35. The fourth-order valence-corrected chi connectivity index (χ4v) is 6.50. The SMILES string of the molecule is CCc1cccc(-c2cnc(C(=O)NCCOCCNCC(=O)N3CCN(C(=O)c4cc(Cc5n[nH]c(=O)c6ccccc56)ccc4F)CC3)c(OC(F)(F)F)c2)c1. The number of alkyl halides is 3. The van der Waals surface area contributed by atoms with Gasteiger partial charge in [-0.2, -0.15) is 5.10 Å². The number of rotatable bonds is 15. The summed E-state index contributed by atoms with van der Waals surface area (Å²) in [7, 11) is 0. The fraction of sp³-hybridized carbons (Fsp3) is 0.317. The van der Waals surface area contributed by atoms with Crippen molar-refractivity contribution >= 4 is 28.5 Å². The molecule has 0 bridgehead atoms. The van der Waals surface area contributed by atoms with Crippen LogP contribution in [0.3, 0.4) is 0 Å². The Hall–Kier alpha value is -6.20. The number of hydrogen-bond donors (Lipinski definition) is 3. The molecule has 58 heavy (non-hydrogen) atoms. The molecule has 3 N–H and O–H groups in total. The van der Waals surface area contributed by atoms with Crippen LogP contribution in [0.1, 0.15) is 44.6 Å². The van der Waals surface area contributed by atoms with Crippen molar-refractivity contribution in [1.82, 2.24) is 35.6 Å². The van der Waals surface area contributed by atoms with E-state index < -0.39 is 35.4 Å². The first-order valence-corrected chi connectivity index (χ1v) is 18.6. The van der Waals surface area contributed by atoms with E-state index in [9.17, 15) is 36.7 Å². The van der Waals surface area contributed by atoms with E-state index in [1.165, 1.54) is 23.2 Å². The van der Waals surface area contributed by atoms with E-state index >= 15 is 0 Å². The zero-order valence-electron chi connectivity index (χ0n) is 31.5. The predicted octanol–water partition coefficient (Wildman–Crippen LogP) is 4.50. The molecule has 0 unspecified atom stereocenters. The molecule has 0 spiro atoms. The third kappa shape index (κ3) is 10.6. The number of carbonyl (C=O) groups excluding carboxylic acids is 3. The number of H-pyrrole nitrogens is 1. The molecule has 3 amide bonds. The number of benzene rings is 3. The maximum absolute atomic E-state index is 14.9. The van der Waals surface area contributed by atoms with Crippen LogP contribution in [0.15, 0.2) is 83.8 Å². The zero-order valence-corrected chi connectivity index (χ0v) is 31.5. The van der Waals surface area contributed by atoms with Crippen molar-refractivity contribution in [2.24, 2.45) is 0 Å². The maximum atomic E-state index is 14.9. The summed E-state index contributed by atoms with van der Waals surface area (Å²) in [5.74, 6) is -2.94. The van der Waals surface area contributed by atoms with Gasteiger partial charge in [-0.05, 0) is 47.4 Å². The van der Waals surface area contributed by atoms with Gasteiger partial charge in [0.1, 0.15) is 5.82 Å². The standard InChI is InChI=1S/C41H41F4N7O6/c1-2-26-6-5-7-28(20-26)29-23-35(58-41(43,44)45)37(48-24-29)39(55)47-13-19-57-18-12-46-25-36(53)51-14-16-52(17-15-51)40(56)32-21-27(10-11-33(32)42)22-34-30-8-3-4-9-31(30)38(54)50-49-34/h3-11,20-21,23-24,46H,2,12-19,22,25H2,1H3,(H,47,55)(H,50,54). The minimum absolute atomic E-state index is 0.00453. The number of nitrogens with one attached hydrogen (secondary N) is 3. The van der Waals surface area contributed by atoms with Gasteiger partial charge in [0.05, 0.1) is 36.4 Å². The highest BCUT2D eigenvalue weighted by Crippen LogP contribution is 2.30. The molecule has 6 rings (SSSR count). The number of aromatic nitrogens is 3. The average Bonchev–Trinajstić information content (AvgIpc) is 3.22. The van der Waals surface area contributed by atoms with Crippen LogP contribution < -0.4 is 20.9 Å². The molecular weight excluding hydrogens is 762 g/mol. The first kappa shape index (κ1) is 41.4. The first-order valence-electron chi connectivity index (χ1n) is 18.6. The summed E-state index contributed by atoms with van der Waals surface area (Å²) in [5, 5.41) is 13.3. The summed E-state index contributed by atoms with van der Waals surface area (Å²) in [6.07, 6.45) is -2.72. The van der Waals surface area contributed by atoms with Crippen molar-refractivity contribution in [3.05, 3.63) is 123 Å². The minimum atomic E-state index is -5.04. The van der Waals surface area contributed by atoms with E-state index in [1.807, 2.05) is 19.1 Å². The molecule has 1 aliphatic rings. The highest BCUT2D eigenvalue weighted by Gasteiger charge is 2.34. The van der Waals surface area contributed by atoms with Gasteiger partial charge >= 0.3 is 6.36 Å². The summed E-state index contributed by atoms with van der Waals surface area (Å²) in [6, 6.07) is 19.7. The van der Waals surface area contributed by atoms with E-state index in [4.69, 9.17) is 4.74 Å². The second kappa shape index (κ2) is 18.8. The summed E-state index contributed by atoms with van der Waals surface area (Å²) in [6.45, 7) is 3.40. The van der Waals surface area contributed by atoms with E-state index in [2.05, 4.69) is 30.6 Å². The number of carbonyl (C=O) groups is 3. The molecule has 1 saturated heterocycles. The number of aromatic amines is 1.